The predicted octanol–water partition coefficient (Wildman–Crippen LogP) is 3.31. The van der Waals surface area contributed by atoms with E-state index in [1.807, 2.05) is 18.5 Å². The van der Waals surface area contributed by atoms with Crippen molar-refractivity contribution in [2.24, 2.45) is 0 Å². The number of hydrogen-bond donors (Lipinski definition) is 1. The highest BCUT2D eigenvalue weighted by Gasteiger charge is 2.19. The first-order chi connectivity index (χ1) is 9.86. The molecule has 2 aromatic rings. The Morgan fingerprint density at radius 2 is 2.30 bits per heavy atom. The molecule has 0 aliphatic heterocycles. The van der Waals surface area contributed by atoms with E-state index in [1.54, 1.807) is 0 Å². The molecule has 3 nitrogen and oxygen atoms in total. The lowest BCUT2D eigenvalue weighted by molar-refractivity contribution is 0.502. The minimum Gasteiger partial charge on any atom is -0.349 e. The van der Waals surface area contributed by atoms with E-state index in [1.165, 1.54) is 42.4 Å². The summed E-state index contributed by atoms with van der Waals surface area (Å²) in [6.45, 7) is 4.15. The van der Waals surface area contributed by atoms with Crippen molar-refractivity contribution in [3.63, 3.8) is 0 Å². The van der Waals surface area contributed by atoms with Crippen molar-refractivity contribution in [3.8, 4) is 0 Å². The lowest BCUT2D eigenvalue weighted by Gasteiger charge is -2.15. The number of aromatic nitrogens is 2. The summed E-state index contributed by atoms with van der Waals surface area (Å²) in [6.07, 6.45) is 13.6. The predicted molar refractivity (Wildman–Crippen MR) is 81.7 cm³/mol. The second-order valence-electron chi connectivity index (χ2n) is 5.63. The minimum atomic E-state index is 0.535. The van der Waals surface area contributed by atoms with Crippen LogP contribution >= 0.6 is 0 Å². The zero-order chi connectivity index (χ0) is 13.8. The number of pyridine rings is 1. The van der Waals surface area contributed by atoms with Crippen LogP contribution < -0.4 is 5.32 Å². The van der Waals surface area contributed by atoms with Gasteiger partial charge in [-0.3, -0.25) is 4.98 Å². The van der Waals surface area contributed by atoms with E-state index < -0.39 is 0 Å². The summed E-state index contributed by atoms with van der Waals surface area (Å²) in [7, 11) is 0. The quantitative estimate of drug-likeness (QED) is 0.863. The van der Waals surface area contributed by atoms with Crippen LogP contribution in [0.2, 0.25) is 0 Å². The summed E-state index contributed by atoms with van der Waals surface area (Å²) in [5.74, 6) is 0. The van der Waals surface area contributed by atoms with Crippen molar-refractivity contribution in [1.29, 1.82) is 0 Å². The molecule has 106 valence electrons. The largest absolute Gasteiger partial charge is 0.349 e. The van der Waals surface area contributed by atoms with Crippen LogP contribution in [0, 0.1) is 0 Å². The molecular formula is C17H23N3. The normalized spacial score (nSPS) is 18.6. The monoisotopic (exact) mass is 269 g/mol. The molecule has 1 aliphatic rings. The van der Waals surface area contributed by atoms with Crippen LogP contribution in [-0.4, -0.2) is 16.1 Å². The van der Waals surface area contributed by atoms with Crippen molar-refractivity contribution >= 4 is 0 Å². The average molecular weight is 269 g/mol. The zero-order valence-electron chi connectivity index (χ0n) is 12.2. The Balaban J connectivity index is 1.83. The van der Waals surface area contributed by atoms with E-state index in [0.29, 0.717) is 6.04 Å². The first-order valence-corrected chi connectivity index (χ1v) is 7.67. The molecule has 0 amide bonds. The van der Waals surface area contributed by atoms with Crippen LogP contribution in [0.4, 0.5) is 0 Å². The molecule has 0 spiro atoms. The Labute approximate surface area is 121 Å². The molecule has 0 radical (unpaired) electrons. The van der Waals surface area contributed by atoms with Gasteiger partial charge in [-0.1, -0.05) is 19.4 Å². The van der Waals surface area contributed by atoms with Gasteiger partial charge in [0.1, 0.15) is 0 Å². The van der Waals surface area contributed by atoms with Gasteiger partial charge in [0.25, 0.3) is 0 Å². The highest BCUT2D eigenvalue weighted by molar-refractivity contribution is 5.30. The van der Waals surface area contributed by atoms with Crippen LogP contribution in [0.3, 0.4) is 0 Å². The Kier molecular flexibility index (Phi) is 4.16. The summed E-state index contributed by atoms with van der Waals surface area (Å²) in [4.78, 5) is 4.20. The molecule has 1 atom stereocenters. The van der Waals surface area contributed by atoms with Gasteiger partial charge in [0.15, 0.2) is 0 Å². The van der Waals surface area contributed by atoms with Crippen molar-refractivity contribution in [2.45, 2.75) is 45.2 Å². The van der Waals surface area contributed by atoms with Crippen molar-refractivity contribution in [1.82, 2.24) is 14.9 Å². The fourth-order valence-corrected chi connectivity index (χ4v) is 3.17. The molecule has 2 heterocycles. The number of hydrogen-bond acceptors (Lipinski definition) is 2. The second-order valence-corrected chi connectivity index (χ2v) is 5.63. The Morgan fingerprint density at radius 3 is 3.10 bits per heavy atom. The summed E-state index contributed by atoms with van der Waals surface area (Å²) < 4.78 is 2.32. The molecular weight excluding hydrogens is 246 g/mol. The van der Waals surface area contributed by atoms with Gasteiger partial charge < -0.3 is 9.88 Å². The van der Waals surface area contributed by atoms with Gasteiger partial charge in [0.2, 0.25) is 0 Å². The van der Waals surface area contributed by atoms with Gasteiger partial charge in [-0.05, 0) is 48.6 Å². The minimum absolute atomic E-state index is 0.535. The van der Waals surface area contributed by atoms with Gasteiger partial charge in [-0.2, -0.15) is 0 Å². The van der Waals surface area contributed by atoms with Crippen molar-refractivity contribution in [3.05, 3.63) is 53.6 Å². The molecule has 2 aromatic heterocycles. The molecule has 1 N–H and O–H groups in total. The summed E-state index contributed by atoms with van der Waals surface area (Å²) >= 11 is 0. The maximum atomic E-state index is 4.20. The number of fused-ring (bicyclic) bond motifs is 1. The number of nitrogens with zero attached hydrogens (tertiary/aromatic N) is 2. The summed E-state index contributed by atoms with van der Waals surface area (Å²) in [5, 5.41) is 3.63. The van der Waals surface area contributed by atoms with E-state index in [9.17, 15) is 0 Å². The van der Waals surface area contributed by atoms with Gasteiger partial charge in [-0.15, -0.1) is 0 Å². The molecule has 3 rings (SSSR count). The van der Waals surface area contributed by atoms with Crippen molar-refractivity contribution < 1.29 is 0 Å². The van der Waals surface area contributed by atoms with E-state index in [0.717, 1.165) is 13.1 Å². The molecule has 0 saturated carbocycles. The highest BCUT2D eigenvalue weighted by Crippen LogP contribution is 2.29. The summed E-state index contributed by atoms with van der Waals surface area (Å²) in [6, 6.07) is 4.68. The van der Waals surface area contributed by atoms with Crippen LogP contribution in [0.5, 0.6) is 0 Å². The van der Waals surface area contributed by atoms with Crippen LogP contribution in [0.15, 0.2) is 36.9 Å². The first kappa shape index (κ1) is 13.4. The lowest BCUT2D eigenvalue weighted by atomic mass is 10.0. The smallest absolute Gasteiger partial charge is 0.0485 e. The molecule has 0 fully saturated rings. The number of aryl methyl sites for hydroxylation is 1. The topological polar surface area (TPSA) is 29.9 Å². The molecule has 20 heavy (non-hydrogen) atoms. The molecule has 1 unspecified atom stereocenters. The third-order valence-corrected chi connectivity index (χ3v) is 4.10. The highest BCUT2D eigenvalue weighted by atomic mass is 15.0. The van der Waals surface area contributed by atoms with Crippen molar-refractivity contribution in [2.75, 3.05) is 6.54 Å². The molecule has 0 saturated heterocycles. The third kappa shape index (κ3) is 2.93. The SMILES string of the molecule is CCNC1CCCCc2cn(Cc3cccnc3)cc21. The van der Waals surface area contributed by atoms with Crippen LogP contribution in [0.1, 0.15) is 48.9 Å². The Hall–Kier alpha value is -1.61. The molecule has 3 heteroatoms. The standard InChI is InChI=1S/C17H23N3/c1-2-19-17-8-4-3-7-15-12-20(13-16(15)17)11-14-6-5-9-18-10-14/h5-6,9-10,12-13,17,19H,2-4,7-8,11H2,1H3. The number of rotatable bonds is 4. The van der Waals surface area contributed by atoms with Gasteiger partial charge in [0.05, 0.1) is 0 Å². The summed E-state index contributed by atoms with van der Waals surface area (Å²) in [5.41, 5.74) is 4.29. The second kappa shape index (κ2) is 6.23. The Bertz CT molecular complexity index is 545. The van der Waals surface area contributed by atoms with Gasteiger partial charge >= 0.3 is 0 Å². The maximum absolute atomic E-state index is 4.20. The van der Waals surface area contributed by atoms with Gasteiger partial charge in [0, 0.05) is 37.4 Å². The zero-order valence-corrected chi connectivity index (χ0v) is 12.2. The fourth-order valence-electron chi connectivity index (χ4n) is 3.17. The molecule has 0 aromatic carbocycles. The Morgan fingerprint density at radius 1 is 1.35 bits per heavy atom. The molecule has 1 aliphatic carbocycles. The van der Waals surface area contributed by atoms with E-state index in [-0.39, 0.29) is 0 Å². The maximum Gasteiger partial charge on any atom is 0.0485 e. The number of nitrogens with one attached hydrogen (secondary N) is 1. The molecule has 0 bridgehead atoms. The van der Waals surface area contributed by atoms with Crippen LogP contribution in [0.25, 0.3) is 0 Å². The van der Waals surface area contributed by atoms with E-state index in [2.05, 4.69) is 40.3 Å². The van der Waals surface area contributed by atoms with E-state index in [4.69, 9.17) is 0 Å². The van der Waals surface area contributed by atoms with Gasteiger partial charge in [-0.25, -0.2) is 0 Å². The third-order valence-electron chi connectivity index (χ3n) is 4.10. The first-order valence-electron chi connectivity index (χ1n) is 7.67. The van der Waals surface area contributed by atoms with Crippen LogP contribution in [-0.2, 0) is 13.0 Å². The lowest BCUT2D eigenvalue weighted by Crippen LogP contribution is -2.20. The average Bonchev–Trinajstić information content (AvgIpc) is 2.77. The fraction of sp³-hybridized carbons (Fsp3) is 0.471. The van der Waals surface area contributed by atoms with E-state index >= 15 is 0 Å².